The van der Waals surface area contributed by atoms with Gasteiger partial charge in [-0.2, -0.15) is 0 Å². The second kappa shape index (κ2) is 6.20. The number of amides is 1. The molecule has 5 heteroatoms. The highest BCUT2D eigenvalue weighted by molar-refractivity contribution is 5.82. The first-order valence-corrected chi connectivity index (χ1v) is 7.82. The van der Waals surface area contributed by atoms with Gasteiger partial charge >= 0.3 is 0 Å². The van der Waals surface area contributed by atoms with Crippen molar-refractivity contribution >= 4 is 5.91 Å². The van der Waals surface area contributed by atoms with Crippen LogP contribution in [0.3, 0.4) is 0 Å². The maximum atomic E-state index is 12.7. The molecule has 0 aromatic heterocycles. The molecule has 3 fully saturated rings. The van der Waals surface area contributed by atoms with Gasteiger partial charge in [-0.1, -0.05) is 0 Å². The molecule has 1 amide bonds. The number of likely N-dealkylation sites (tertiary alicyclic amines) is 1. The summed E-state index contributed by atoms with van der Waals surface area (Å²) in [5, 5.41) is 6.73. The molecule has 0 spiro atoms. The van der Waals surface area contributed by atoms with Crippen molar-refractivity contribution in [1.29, 1.82) is 0 Å². The van der Waals surface area contributed by atoms with Crippen molar-refractivity contribution in [1.82, 2.24) is 20.4 Å². The Morgan fingerprint density at radius 2 is 1.58 bits per heavy atom. The van der Waals surface area contributed by atoms with Crippen molar-refractivity contribution in [2.75, 3.05) is 45.8 Å². The van der Waals surface area contributed by atoms with E-state index in [9.17, 15) is 4.79 Å². The monoisotopic (exact) mass is 266 g/mol. The SMILES string of the molecule is O=C(C1CCCN1C1CCNCC1)N1CCNCC1. The van der Waals surface area contributed by atoms with Crippen molar-refractivity contribution in [3.63, 3.8) is 0 Å². The van der Waals surface area contributed by atoms with Crippen molar-refractivity contribution < 1.29 is 4.79 Å². The molecule has 1 atom stereocenters. The van der Waals surface area contributed by atoms with Gasteiger partial charge in [0.05, 0.1) is 6.04 Å². The average molecular weight is 266 g/mol. The smallest absolute Gasteiger partial charge is 0.240 e. The molecule has 0 aromatic carbocycles. The fourth-order valence-electron chi connectivity index (χ4n) is 3.73. The first-order valence-electron chi connectivity index (χ1n) is 7.82. The quantitative estimate of drug-likeness (QED) is 0.716. The standard InChI is InChI=1S/C14H26N4O/c19-14(17-10-7-16-8-11-17)13-2-1-9-18(13)12-3-5-15-6-4-12/h12-13,15-16H,1-11H2. The van der Waals surface area contributed by atoms with Crippen molar-refractivity contribution in [3.05, 3.63) is 0 Å². The highest BCUT2D eigenvalue weighted by atomic mass is 16.2. The third kappa shape index (κ3) is 2.93. The molecule has 3 rings (SSSR count). The van der Waals surface area contributed by atoms with Crippen LogP contribution in [-0.4, -0.2) is 73.6 Å². The largest absolute Gasteiger partial charge is 0.339 e. The number of carbonyl (C=O) groups is 1. The van der Waals surface area contributed by atoms with Gasteiger partial charge in [0, 0.05) is 32.2 Å². The summed E-state index contributed by atoms with van der Waals surface area (Å²) in [7, 11) is 0. The van der Waals surface area contributed by atoms with Gasteiger partial charge in [0.2, 0.25) is 5.91 Å². The Kier molecular flexibility index (Phi) is 4.35. The second-order valence-electron chi connectivity index (χ2n) is 5.95. The van der Waals surface area contributed by atoms with Crippen LogP contribution in [-0.2, 0) is 4.79 Å². The zero-order chi connectivity index (χ0) is 13.1. The minimum absolute atomic E-state index is 0.168. The Bertz CT molecular complexity index is 311. The highest BCUT2D eigenvalue weighted by Crippen LogP contribution is 2.25. The topological polar surface area (TPSA) is 47.6 Å². The highest BCUT2D eigenvalue weighted by Gasteiger charge is 2.37. The summed E-state index contributed by atoms with van der Waals surface area (Å²) in [6.45, 7) is 7.00. The van der Waals surface area contributed by atoms with Gasteiger partial charge in [0.15, 0.2) is 0 Å². The van der Waals surface area contributed by atoms with E-state index < -0.39 is 0 Å². The summed E-state index contributed by atoms with van der Waals surface area (Å²) in [6, 6.07) is 0.793. The van der Waals surface area contributed by atoms with Crippen LogP contribution in [0.25, 0.3) is 0 Å². The summed E-state index contributed by atoms with van der Waals surface area (Å²) in [5.41, 5.74) is 0. The number of piperidine rings is 1. The van der Waals surface area contributed by atoms with Crippen LogP contribution in [0.1, 0.15) is 25.7 Å². The van der Waals surface area contributed by atoms with Gasteiger partial charge in [-0.3, -0.25) is 9.69 Å². The number of carbonyl (C=O) groups excluding carboxylic acids is 1. The van der Waals surface area contributed by atoms with E-state index in [1.54, 1.807) is 0 Å². The zero-order valence-corrected chi connectivity index (χ0v) is 11.7. The molecule has 3 aliphatic heterocycles. The van der Waals surface area contributed by atoms with Gasteiger partial charge in [0.1, 0.15) is 0 Å². The first-order chi connectivity index (χ1) is 9.36. The summed E-state index contributed by atoms with van der Waals surface area (Å²) < 4.78 is 0. The van der Waals surface area contributed by atoms with Gasteiger partial charge in [-0.15, -0.1) is 0 Å². The third-order valence-corrected chi connectivity index (χ3v) is 4.79. The minimum Gasteiger partial charge on any atom is -0.339 e. The molecule has 5 nitrogen and oxygen atoms in total. The molecule has 3 saturated heterocycles. The van der Waals surface area contributed by atoms with E-state index in [0.29, 0.717) is 11.9 Å². The molecule has 0 bridgehead atoms. The number of rotatable bonds is 2. The van der Waals surface area contributed by atoms with Crippen molar-refractivity contribution in [2.24, 2.45) is 0 Å². The van der Waals surface area contributed by atoms with Gasteiger partial charge in [-0.05, 0) is 45.3 Å². The van der Waals surface area contributed by atoms with E-state index in [0.717, 1.165) is 52.2 Å². The lowest BCUT2D eigenvalue weighted by Crippen LogP contribution is -2.55. The van der Waals surface area contributed by atoms with E-state index >= 15 is 0 Å². The maximum Gasteiger partial charge on any atom is 0.240 e. The number of hydrogen-bond acceptors (Lipinski definition) is 4. The lowest BCUT2D eigenvalue weighted by Gasteiger charge is -2.38. The summed E-state index contributed by atoms with van der Waals surface area (Å²) in [5.74, 6) is 0.387. The van der Waals surface area contributed by atoms with Gasteiger partial charge in [-0.25, -0.2) is 0 Å². The van der Waals surface area contributed by atoms with E-state index in [2.05, 4.69) is 20.4 Å². The molecular formula is C14H26N4O. The Hall–Kier alpha value is -0.650. The fraction of sp³-hybridized carbons (Fsp3) is 0.929. The number of nitrogens with one attached hydrogen (secondary N) is 2. The molecule has 0 aliphatic carbocycles. The van der Waals surface area contributed by atoms with Crippen LogP contribution in [0.15, 0.2) is 0 Å². The molecule has 19 heavy (non-hydrogen) atoms. The van der Waals surface area contributed by atoms with Crippen LogP contribution in [0.5, 0.6) is 0 Å². The lowest BCUT2D eigenvalue weighted by molar-refractivity contribution is -0.137. The first kappa shape index (κ1) is 13.3. The van der Waals surface area contributed by atoms with E-state index in [1.807, 2.05) is 0 Å². The van der Waals surface area contributed by atoms with Crippen LogP contribution >= 0.6 is 0 Å². The molecule has 3 heterocycles. The Balaban J connectivity index is 1.62. The van der Waals surface area contributed by atoms with E-state index in [-0.39, 0.29) is 6.04 Å². The maximum absolute atomic E-state index is 12.7. The molecule has 108 valence electrons. The average Bonchev–Trinajstić information content (AvgIpc) is 2.98. The second-order valence-corrected chi connectivity index (χ2v) is 5.95. The van der Waals surface area contributed by atoms with Crippen LogP contribution in [0.4, 0.5) is 0 Å². The van der Waals surface area contributed by atoms with Gasteiger partial charge < -0.3 is 15.5 Å². The fourth-order valence-corrected chi connectivity index (χ4v) is 3.73. The summed E-state index contributed by atoms with van der Waals surface area (Å²) in [6.07, 6.45) is 4.65. The molecule has 0 radical (unpaired) electrons. The Morgan fingerprint density at radius 1 is 0.895 bits per heavy atom. The van der Waals surface area contributed by atoms with Crippen LogP contribution in [0.2, 0.25) is 0 Å². The summed E-state index contributed by atoms with van der Waals surface area (Å²) in [4.78, 5) is 17.3. The van der Waals surface area contributed by atoms with Crippen molar-refractivity contribution in [2.45, 2.75) is 37.8 Å². The Labute approximate surface area is 115 Å². The summed E-state index contributed by atoms with van der Waals surface area (Å²) >= 11 is 0. The minimum atomic E-state index is 0.168. The van der Waals surface area contributed by atoms with E-state index in [1.165, 1.54) is 19.3 Å². The van der Waals surface area contributed by atoms with E-state index in [4.69, 9.17) is 0 Å². The molecule has 2 N–H and O–H groups in total. The Morgan fingerprint density at radius 3 is 2.32 bits per heavy atom. The lowest BCUT2D eigenvalue weighted by atomic mass is 10.0. The molecule has 0 aromatic rings. The normalized spacial score (nSPS) is 30.7. The predicted octanol–water partition coefficient (Wildman–Crippen LogP) is -0.365. The molecular weight excluding hydrogens is 240 g/mol. The van der Waals surface area contributed by atoms with Gasteiger partial charge in [0.25, 0.3) is 0 Å². The molecule has 3 aliphatic rings. The number of hydrogen-bond donors (Lipinski definition) is 2. The number of nitrogens with zero attached hydrogens (tertiary/aromatic N) is 2. The molecule has 1 unspecified atom stereocenters. The van der Waals surface area contributed by atoms with Crippen LogP contribution < -0.4 is 10.6 Å². The third-order valence-electron chi connectivity index (χ3n) is 4.79. The predicted molar refractivity (Wildman–Crippen MR) is 75.1 cm³/mol. The van der Waals surface area contributed by atoms with Crippen molar-refractivity contribution in [3.8, 4) is 0 Å². The van der Waals surface area contributed by atoms with Crippen LogP contribution in [0, 0.1) is 0 Å². The zero-order valence-electron chi connectivity index (χ0n) is 11.7. The number of piperazine rings is 1. The molecule has 0 saturated carbocycles.